The van der Waals surface area contributed by atoms with Crippen molar-refractivity contribution in [2.75, 3.05) is 13.6 Å². The number of nitrogens with zero attached hydrogens (tertiary/aromatic N) is 2. The van der Waals surface area contributed by atoms with E-state index in [0.29, 0.717) is 13.0 Å². The second-order valence-corrected chi connectivity index (χ2v) is 2.98. The molecule has 0 bridgehead atoms. The molecule has 0 heterocycles. The minimum absolute atomic E-state index is 0.107. The molecule has 0 aromatic heterocycles. The Bertz CT molecular complexity index is 217. The lowest BCUT2D eigenvalue weighted by Crippen LogP contribution is -2.32. The van der Waals surface area contributed by atoms with Gasteiger partial charge in [-0.3, -0.25) is 4.79 Å². The van der Waals surface area contributed by atoms with Gasteiger partial charge in [0.15, 0.2) is 0 Å². The van der Waals surface area contributed by atoms with E-state index < -0.39 is 5.92 Å². The number of hydrogen-bond donors (Lipinski definition) is 0. The number of carbonyl (C=O) groups excluding carboxylic acids is 1. The van der Waals surface area contributed by atoms with Gasteiger partial charge in [0.25, 0.3) is 0 Å². The Morgan fingerprint density at radius 3 is 2.77 bits per heavy atom. The van der Waals surface area contributed by atoms with Crippen LogP contribution in [0.2, 0.25) is 0 Å². The Hall–Kier alpha value is -1.30. The SMILES string of the molecule is C=CCN(C)C(=O)C(C#N)CCC. The number of amides is 1. The highest BCUT2D eigenvalue weighted by molar-refractivity contribution is 5.81. The molecule has 72 valence electrons. The predicted octanol–water partition coefficient (Wildman–Crippen LogP) is 1.57. The average Bonchev–Trinajstić information content (AvgIpc) is 2.13. The maximum absolute atomic E-state index is 11.5. The second-order valence-electron chi connectivity index (χ2n) is 2.98. The standard InChI is InChI=1S/C10H16N2O/c1-4-6-9(8-11)10(13)12(3)7-5-2/h5,9H,2,4,6-7H2,1,3H3. The molecular formula is C10H16N2O. The van der Waals surface area contributed by atoms with Gasteiger partial charge in [-0.05, 0) is 6.42 Å². The predicted molar refractivity (Wildman–Crippen MR) is 51.8 cm³/mol. The molecule has 1 unspecified atom stereocenters. The van der Waals surface area contributed by atoms with Crippen molar-refractivity contribution >= 4 is 5.91 Å². The van der Waals surface area contributed by atoms with E-state index >= 15 is 0 Å². The normalized spacial score (nSPS) is 11.5. The molecule has 0 aliphatic rings. The summed E-state index contributed by atoms with van der Waals surface area (Å²) in [5, 5.41) is 8.72. The minimum Gasteiger partial charge on any atom is -0.341 e. The van der Waals surface area contributed by atoms with E-state index in [0.717, 1.165) is 6.42 Å². The van der Waals surface area contributed by atoms with Crippen LogP contribution in [0, 0.1) is 17.2 Å². The first kappa shape index (κ1) is 11.7. The molecule has 0 saturated heterocycles. The molecule has 0 radical (unpaired) electrons. The van der Waals surface area contributed by atoms with Crippen molar-refractivity contribution < 1.29 is 4.79 Å². The molecule has 13 heavy (non-hydrogen) atoms. The molecule has 0 aromatic carbocycles. The quantitative estimate of drug-likeness (QED) is 0.603. The maximum atomic E-state index is 11.5. The van der Waals surface area contributed by atoms with Crippen LogP contribution in [0.25, 0.3) is 0 Å². The number of carbonyl (C=O) groups is 1. The zero-order valence-corrected chi connectivity index (χ0v) is 8.29. The summed E-state index contributed by atoms with van der Waals surface area (Å²) in [5.41, 5.74) is 0. The van der Waals surface area contributed by atoms with Crippen molar-refractivity contribution in [3.05, 3.63) is 12.7 Å². The van der Waals surface area contributed by atoms with Crippen LogP contribution in [0.4, 0.5) is 0 Å². The average molecular weight is 180 g/mol. The van der Waals surface area contributed by atoms with Crippen LogP contribution in [-0.2, 0) is 4.79 Å². The molecule has 3 heteroatoms. The third-order valence-corrected chi connectivity index (χ3v) is 1.81. The van der Waals surface area contributed by atoms with E-state index in [2.05, 4.69) is 6.58 Å². The molecule has 1 atom stereocenters. The zero-order chi connectivity index (χ0) is 10.3. The van der Waals surface area contributed by atoms with Crippen molar-refractivity contribution in [1.29, 1.82) is 5.26 Å². The first-order valence-electron chi connectivity index (χ1n) is 4.42. The fraction of sp³-hybridized carbons (Fsp3) is 0.600. The van der Waals surface area contributed by atoms with Crippen LogP contribution in [0.5, 0.6) is 0 Å². The van der Waals surface area contributed by atoms with Crippen LogP contribution in [0.1, 0.15) is 19.8 Å². The lowest BCUT2D eigenvalue weighted by Gasteiger charge is -2.17. The van der Waals surface area contributed by atoms with Crippen molar-refractivity contribution in [2.45, 2.75) is 19.8 Å². The molecular weight excluding hydrogens is 164 g/mol. The summed E-state index contributed by atoms with van der Waals surface area (Å²) < 4.78 is 0. The molecule has 0 aromatic rings. The van der Waals surface area contributed by atoms with Gasteiger partial charge in [0.05, 0.1) is 6.07 Å². The van der Waals surface area contributed by atoms with Crippen LogP contribution in [0.3, 0.4) is 0 Å². The molecule has 0 rings (SSSR count). The van der Waals surface area contributed by atoms with Gasteiger partial charge in [0.1, 0.15) is 5.92 Å². The third kappa shape index (κ3) is 3.75. The summed E-state index contributed by atoms with van der Waals surface area (Å²) >= 11 is 0. The van der Waals surface area contributed by atoms with Gasteiger partial charge in [0.2, 0.25) is 5.91 Å². The summed E-state index contributed by atoms with van der Waals surface area (Å²) in [7, 11) is 1.68. The molecule has 1 amide bonds. The van der Waals surface area contributed by atoms with E-state index in [-0.39, 0.29) is 5.91 Å². The summed E-state index contributed by atoms with van der Waals surface area (Å²) in [5.74, 6) is -0.598. The Kier molecular flexibility index (Phi) is 5.62. The lowest BCUT2D eigenvalue weighted by molar-refractivity contribution is -0.132. The van der Waals surface area contributed by atoms with E-state index in [4.69, 9.17) is 5.26 Å². The fourth-order valence-corrected chi connectivity index (χ4v) is 1.08. The van der Waals surface area contributed by atoms with Gasteiger partial charge in [-0.1, -0.05) is 19.4 Å². The van der Waals surface area contributed by atoms with Crippen LogP contribution in [-0.4, -0.2) is 24.4 Å². The molecule has 0 aliphatic carbocycles. The molecule has 0 aliphatic heterocycles. The van der Waals surface area contributed by atoms with Gasteiger partial charge in [-0.25, -0.2) is 0 Å². The number of rotatable bonds is 5. The van der Waals surface area contributed by atoms with Crippen molar-refractivity contribution in [3.63, 3.8) is 0 Å². The Morgan fingerprint density at radius 2 is 2.38 bits per heavy atom. The van der Waals surface area contributed by atoms with Crippen LogP contribution >= 0.6 is 0 Å². The number of hydrogen-bond acceptors (Lipinski definition) is 2. The van der Waals surface area contributed by atoms with Gasteiger partial charge in [-0.15, -0.1) is 6.58 Å². The van der Waals surface area contributed by atoms with Gasteiger partial charge >= 0.3 is 0 Å². The van der Waals surface area contributed by atoms with Crippen molar-refractivity contribution in [2.24, 2.45) is 5.92 Å². The first-order valence-corrected chi connectivity index (χ1v) is 4.42. The molecule has 3 nitrogen and oxygen atoms in total. The molecule has 0 saturated carbocycles. The lowest BCUT2D eigenvalue weighted by atomic mass is 10.0. The highest BCUT2D eigenvalue weighted by atomic mass is 16.2. The second kappa shape index (κ2) is 6.24. The van der Waals surface area contributed by atoms with E-state index in [1.54, 1.807) is 13.1 Å². The largest absolute Gasteiger partial charge is 0.341 e. The number of likely N-dealkylation sites (N-methyl/N-ethyl adjacent to an activating group) is 1. The van der Waals surface area contributed by atoms with E-state index in [1.807, 2.05) is 13.0 Å². The maximum Gasteiger partial charge on any atom is 0.239 e. The summed E-state index contributed by atoms with van der Waals surface area (Å²) in [4.78, 5) is 13.0. The molecule has 0 fully saturated rings. The van der Waals surface area contributed by atoms with Crippen LogP contribution < -0.4 is 0 Å². The summed E-state index contributed by atoms with van der Waals surface area (Å²) in [6.07, 6.45) is 3.14. The topological polar surface area (TPSA) is 44.1 Å². The van der Waals surface area contributed by atoms with Gasteiger partial charge in [0, 0.05) is 13.6 Å². The summed E-state index contributed by atoms with van der Waals surface area (Å²) in [6.45, 7) is 6.00. The summed E-state index contributed by atoms with van der Waals surface area (Å²) in [6, 6.07) is 2.02. The smallest absolute Gasteiger partial charge is 0.239 e. The van der Waals surface area contributed by atoms with Crippen molar-refractivity contribution in [1.82, 2.24) is 4.90 Å². The van der Waals surface area contributed by atoms with Gasteiger partial charge < -0.3 is 4.90 Å². The zero-order valence-electron chi connectivity index (χ0n) is 8.29. The molecule has 0 N–H and O–H groups in total. The first-order chi connectivity index (χ1) is 6.17. The Balaban J connectivity index is 4.20. The highest BCUT2D eigenvalue weighted by Crippen LogP contribution is 2.08. The van der Waals surface area contributed by atoms with Crippen molar-refractivity contribution in [3.8, 4) is 6.07 Å². The van der Waals surface area contributed by atoms with E-state index in [1.165, 1.54) is 4.90 Å². The monoisotopic (exact) mass is 180 g/mol. The molecule has 0 spiro atoms. The van der Waals surface area contributed by atoms with Crippen LogP contribution in [0.15, 0.2) is 12.7 Å². The van der Waals surface area contributed by atoms with Gasteiger partial charge in [-0.2, -0.15) is 5.26 Å². The van der Waals surface area contributed by atoms with E-state index in [9.17, 15) is 4.79 Å². The number of nitriles is 1. The highest BCUT2D eigenvalue weighted by Gasteiger charge is 2.19. The Labute approximate surface area is 79.6 Å². The minimum atomic E-state index is -0.491. The third-order valence-electron chi connectivity index (χ3n) is 1.81. The Morgan fingerprint density at radius 1 is 1.77 bits per heavy atom. The fourth-order valence-electron chi connectivity index (χ4n) is 1.08.